The molecule has 118 valence electrons. The van der Waals surface area contributed by atoms with Crippen LogP contribution < -0.4 is 5.32 Å². The van der Waals surface area contributed by atoms with Crippen molar-refractivity contribution < 1.29 is 4.79 Å². The highest BCUT2D eigenvalue weighted by Gasteiger charge is 2.35. The molecule has 3 heteroatoms. The molecule has 1 aliphatic carbocycles. The van der Waals surface area contributed by atoms with E-state index in [0.717, 1.165) is 24.1 Å². The summed E-state index contributed by atoms with van der Waals surface area (Å²) in [6.45, 7) is 6.68. The maximum absolute atomic E-state index is 12.7. The Labute approximate surface area is 133 Å². The van der Waals surface area contributed by atoms with Crippen LogP contribution in [0.3, 0.4) is 0 Å². The van der Waals surface area contributed by atoms with Gasteiger partial charge in [-0.2, -0.15) is 5.26 Å². The van der Waals surface area contributed by atoms with Crippen LogP contribution in [0.5, 0.6) is 0 Å². The number of carbonyl (C=O) groups is 1. The van der Waals surface area contributed by atoms with Crippen molar-refractivity contribution >= 4 is 11.6 Å². The van der Waals surface area contributed by atoms with Gasteiger partial charge in [0.25, 0.3) is 0 Å². The van der Waals surface area contributed by atoms with Gasteiger partial charge >= 0.3 is 0 Å². The lowest BCUT2D eigenvalue weighted by Gasteiger charge is -2.36. The second-order valence-corrected chi connectivity index (χ2v) is 6.95. The zero-order chi connectivity index (χ0) is 16.1. The Balaban J connectivity index is 2.04. The molecule has 1 aromatic rings. The van der Waals surface area contributed by atoms with Gasteiger partial charge in [-0.05, 0) is 48.3 Å². The molecule has 0 bridgehead atoms. The summed E-state index contributed by atoms with van der Waals surface area (Å²) in [6, 6.07) is 9.72. The summed E-state index contributed by atoms with van der Waals surface area (Å²) in [5.74, 6) is 1.92. The van der Waals surface area contributed by atoms with E-state index in [1.165, 1.54) is 6.42 Å². The monoisotopic (exact) mass is 298 g/mol. The van der Waals surface area contributed by atoms with Crippen molar-refractivity contribution in [3.63, 3.8) is 0 Å². The van der Waals surface area contributed by atoms with E-state index in [0.29, 0.717) is 24.2 Å². The summed E-state index contributed by atoms with van der Waals surface area (Å²) >= 11 is 0. The van der Waals surface area contributed by atoms with Gasteiger partial charge in [-0.1, -0.05) is 39.3 Å². The number of amides is 1. The number of carbonyl (C=O) groups excluding carboxylic acids is 1. The van der Waals surface area contributed by atoms with Crippen LogP contribution in [0.4, 0.5) is 5.69 Å². The molecule has 0 spiro atoms. The van der Waals surface area contributed by atoms with Crippen LogP contribution in [-0.4, -0.2) is 5.91 Å². The fourth-order valence-corrected chi connectivity index (χ4v) is 3.54. The molecule has 0 aromatic heterocycles. The molecular weight excluding hydrogens is 272 g/mol. The molecule has 0 heterocycles. The smallest absolute Gasteiger partial charge is 0.227 e. The molecule has 1 fully saturated rings. The highest BCUT2D eigenvalue weighted by molar-refractivity contribution is 5.92. The average molecular weight is 298 g/mol. The minimum absolute atomic E-state index is 0.113. The van der Waals surface area contributed by atoms with Crippen molar-refractivity contribution in [2.24, 2.45) is 23.7 Å². The van der Waals surface area contributed by atoms with Gasteiger partial charge in [-0.3, -0.25) is 4.79 Å². The van der Waals surface area contributed by atoms with E-state index in [-0.39, 0.29) is 11.8 Å². The number of hydrogen-bond acceptors (Lipinski definition) is 2. The molecule has 0 radical (unpaired) electrons. The summed E-state index contributed by atoms with van der Waals surface area (Å²) < 4.78 is 0. The maximum atomic E-state index is 12.7. The number of nitrogens with zero attached hydrogens (tertiary/aromatic N) is 1. The number of anilines is 1. The minimum Gasteiger partial charge on any atom is -0.326 e. The van der Waals surface area contributed by atoms with Gasteiger partial charge in [0.05, 0.1) is 12.5 Å². The Bertz CT molecular complexity index is 542. The van der Waals surface area contributed by atoms with E-state index < -0.39 is 0 Å². The third-order valence-corrected chi connectivity index (χ3v) is 4.86. The number of nitriles is 1. The number of nitrogens with one attached hydrogen (secondary N) is 1. The van der Waals surface area contributed by atoms with Gasteiger partial charge in [0.2, 0.25) is 5.91 Å². The Morgan fingerprint density at radius 3 is 2.59 bits per heavy atom. The molecule has 1 saturated carbocycles. The zero-order valence-corrected chi connectivity index (χ0v) is 13.8. The summed E-state index contributed by atoms with van der Waals surface area (Å²) in [6.07, 6.45) is 3.78. The Morgan fingerprint density at radius 1 is 1.32 bits per heavy atom. The third-order valence-electron chi connectivity index (χ3n) is 4.86. The van der Waals surface area contributed by atoms with Crippen LogP contribution >= 0.6 is 0 Å². The molecule has 1 aliphatic rings. The molecule has 3 nitrogen and oxygen atoms in total. The number of hydrogen-bond donors (Lipinski definition) is 1. The summed E-state index contributed by atoms with van der Waals surface area (Å²) in [4.78, 5) is 12.7. The predicted octanol–water partition coefficient (Wildman–Crippen LogP) is 4.40. The molecule has 22 heavy (non-hydrogen) atoms. The Morgan fingerprint density at radius 2 is 2.00 bits per heavy atom. The molecule has 1 aromatic carbocycles. The lowest BCUT2D eigenvalue weighted by molar-refractivity contribution is -0.123. The molecular formula is C19H26N2O. The predicted molar refractivity (Wildman–Crippen MR) is 89.2 cm³/mol. The van der Waals surface area contributed by atoms with E-state index in [1.807, 2.05) is 24.3 Å². The van der Waals surface area contributed by atoms with Crippen LogP contribution in [0.25, 0.3) is 0 Å². The van der Waals surface area contributed by atoms with Crippen molar-refractivity contribution in [2.75, 3.05) is 5.32 Å². The van der Waals surface area contributed by atoms with Gasteiger partial charge in [-0.25, -0.2) is 0 Å². The molecule has 3 atom stereocenters. The van der Waals surface area contributed by atoms with Crippen LogP contribution in [0.2, 0.25) is 0 Å². The van der Waals surface area contributed by atoms with Gasteiger partial charge in [-0.15, -0.1) is 0 Å². The zero-order valence-electron chi connectivity index (χ0n) is 13.8. The molecule has 0 aliphatic heterocycles. The van der Waals surface area contributed by atoms with Crippen molar-refractivity contribution in [2.45, 2.75) is 46.5 Å². The normalized spacial score (nSPS) is 24.8. The first-order valence-electron chi connectivity index (χ1n) is 8.28. The van der Waals surface area contributed by atoms with E-state index in [1.54, 1.807) is 0 Å². The molecule has 1 unspecified atom stereocenters. The van der Waals surface area contributed by atoms with Gasteiger partial charge in [0.15, 0.2) is 0 Å². The number of benzene rings is 1. The second-order valence-electron chi connectivity index (χ2n) is 6.95. The van der Waals surface area contributed by atoms with Gasteiger partial charge in [0, 0.05) is 11.6 Å². The van der Waals surface area contributed by atoms with Crippen molar-refractivity contribution in [1.29, 1.82) is 5.26 Å². The summed E-state index contributed by atoms with van der Waals surface area (Å²) in [5, 5.41) is 11.8. The van der Waals surface area contributed by atoms with Crippen LogP contribution in [-0.2, 0) is 11.2 Å². The van der Waals surface area contributed by atoms with Crippen molar-refractivity contribution in [3.8, 4) is 6.07 Å². The standard InChI is InChI=1S/C19H26N2O/c1-13(2)17-9-4-14(3)12-18(17)19(22)21-16-7-5-15(6-8-16)10-11-20/h5-8,13-14,17-18H,4,9-10,12H2,1-3H3,(H,21,22)/t14-,17?,18+/m1/s1. The molecule has 1 N–H and O–H groups in total. The van der Waals surface area contributed by atoms with Gasteiger partial charge < -0.3 is 5.32 Å². The molecule has 1 amide bonds. The summed E-state index contributed by atoms with van der Waals surface area (Å²) in [7, 11) is 0. The van der Waals surface area contributed by atoms with Crippen LogP contribution in [0.1, 0.15) is 45.6 Å². The highest BCUT2D eigenvalue weighted by atomic mass is 16.1. The lowest BCUT2D eigenvalue weighted by atomic mass is 9.70. The number of rotatable bonds is 4. The highest BCUT2D eigenvalue weighted by Crippen LogP contribution is 2.38. The Hall–Kier alpha value is -1.82. The van der Waals surface area contributed by atoms with Crippen LogP contribution in [0, 0.1) is 35.0 Å². The maximum Gasteiger partial charge on any atom is 0.227 e. The second kappa shape index (κ2) is 7.45. The van der Waals surface area contributed by atoms with Gasteiger partial charge in [0.1, 0.15) is 0 Å². The first-order valence-corrected chi connectivity index (χ1v) is 8.28. The van der Waals surface area contributed by atoms with Crippen LogP contribution in [0.15, 0.2) is 24.3 Å². The average Bonchev–Trinajstić information content (AvgIpc) is 2.49. The van der Waals surface area contributed by atoms with Crippen molar-refractivity contribution in [3.05, 3.63) is 29.8 Å². The fourth-order valence-electron chi connectivity index (χ4n) is 3.54. The summed E-state index contributed by atoms with van der Waals surface area (Å²) in [5.41, 5.74) is 1.80. The Kier molecular flexibility index (Phi) is 5.60. The lowest BCUT2D eigenvalue weighted by Crippen LogP contribution is -2.36. The quantitative estimate of drug-likeness (QED) is 0.895. The van der Waals surface area contributed by atoms with Crippen molar-refractivity contribution in [1.82, 2.24) is 0 Å². The fraction of sp³-hybridized carbons (Fsp3) is 0.579. The van der Waals surface area contributed by atoms with E-state index in [9.17, 15) is 4.79 Å². The largest absolute Gasteiger partial charge is 0.326 e. The first kappa shape index (κ1) is 16.5. The van der Waals surface area contributed by atoms with E-state index in [2.05, 4.69) is 32.2 Å². The van der Waals surface area contributed by atoms with E-state index >= 15 is 0 Å². The third kappa shape index (κ3) is 4.10. The first-order chi connectivity index (χ1) is 10.5. The molecule has 2 rings (SSSR count). The topological polar surface area (TPSA) is 52.9 Å². The molecule has 0 saturated heterocycles. The minimum atomic E-state index is 0.113. The SMILES string of the molecule is CC(C)C1CC[C@@H](C)C[C@@H]1C(=O)Nc1ccc(CC#N)cc1. The van der Waals surface area contributed by atoms with E-state index in [4.69, 9.17) is 5.26 Å².